The molecule has 3 heterocycles. The Morgan fingerprint density at radius 1 is 1.09 bits per heavy atom. The van der Waals surface area contributed by atoms with Crippen molar-refractivity contribution in [3.63, 3.8) is 0 Å². The number of anilines is 1. The molecule has 5 rings (SSSR count). The van der Waals surface area contributed by atoms with Crippen molar-refractivity contribution in [2.24, 2.45) is 10.7 Å². The first-order chi connectivity index (χ1) is 21.3. The molecular weight excluding hydrogens is 618 g/mol. The van der Waals surface area contributed by atoms with Gasteiger partial charge in [-0.1, -0.05) is 0 Å². The molecule has 18 heteroatoms. The number of carbonyl (C=O) groups is 1. The number of sulfone groups is 1. The maximum Gasteiger partial charge on any atom is 0.341 e. The smallest absolute Gasteiger partial charge is 0.341 e. The second-order valence-corrected chi connectivity index (χ2v) is 11.2. The monoisotopic (exact) mass is 640 g/mol. The molecule has 45 heavy (non-hydrogen) atoms. The van der Waals surface area contributed by atoms with Crippen LogP contribution in [0.1, 0.15) is 21.5 Å². The molecule has 0 atom stereocenters. The molecule has 0 aliphatic carbocycles. The molecule has 0 spiro atoms. The molecule has 0 saturated heterocycles. The number of phenolic OH excluding ortho intramolecular Hbond substituents is 1. The minimum atomic E-state index is -4.48. The Kier molecular flexibility index (Phi) is 7.90. The lowest BCUT2D eigenvalue weighted by Gasteiger charge is -2.19. The molecule has 1 aliphatic heterocycles. The van der Waals surface area contributed by atoms with Crippen molar-refractivity contribution in [2.45, 2.75) is 10.1 Å². The molecule has 232 valence electrons. The van der Waals surface area contributed by atoms with E-state index in [4.69, 9.17) is 31.5 Å². The van der Waals surface area contributed by atoms with Crippen LogP contribution in [0.5, 0.6) is 28.9 Å². The molecule has 0 fully saturated rings. The third-order valence-corrected chi connectivity index (χ3v) is 7.97. The first-order valence-corrected chi connectivity index (χ1v) is 14.1. The highest BCUT2D eigenvalue weighted by Crippen LogP contribution is 2.38. The third-order valence-electron chi connectivity index (χ3n) is 6.42. The molecular formula is C27H22F2N8O7S. The molecule has 0 amide bonds. The number of aliphatic imine (C=N–C) groups is 1. The van der Waals surface area contributed by atoms with E-state index in [1.54, 1.807) is 11.9 Å². The van der Waals surface area contributed by atoms with Crippen molar-refractivity contribution in [1.29, 1.82) is 5.41 Å². The summed E-state index contributed by atoms with van der Waals surface area (Å²) in [7, 11) is -2.83. The number of benzene rings is 2. The van der Waals surface area contributed by atoms with Crippen LogP contribution in [-0.4, -0.2) is 76.3 Å². The van der Waals surface area contributed by atoms with Crippen molar-refractivity contribution >= 4 is 33.3 Å². The number of aromatic carboxylic acids is 1. The minimum Gasteiger partial charge on any atom is -0.504 e. The van der Waals surface area contributed by atoms with Crippen molar-refractivity contribution in [3.05, 3.63) is 77.1 Å². The fourth-order valence-electron chi connectivity index (χ4n) is 4.12. The van der Waals surface area contributed by atoms with E-state index in [0.717, 1.165) is 36.5 Å². The highest BCUT2D eigenvalue weighted by atomic mass is 32.2. The summed E-state index contributed by atoms with van der Waals surface area (Å²) in [4.78, 5) is 27.7. The molecule has 0 saturated carbocycles. The molecule has 7 N–H and O–H groups in total. The number of amidine groups is 2. The molecule has 1 aliphatic rings. The number of nitrogens with zero attached hydrogens (tertiary/aromatic N) is 5. The Bertz CT molecular complexity index is 2020. The number of halogens is 2. The molecule has 4 aromatic rings. The molecule has 0 unspecified atom stereocenters. The predicted molar refractivity (Wildman–Crippen MR) is 153 cm³/mol. The zero-order valence-electron chi connectivity index (χ0n) is 23.0. The molecule has 2 aromatic carbocycles. The SMILES string of the molecule is CN1CCN=C1c1cc(S(=O)(=O)c2ncc(C(=O)O)c(N)n2)ccc1Oc1c(F)cnc(Oc2cc(C(=N)N)ccc2O)c1F. The lowest BCUT2D eigenvalue weighted by atomic mass is 10.1. The number of carboxylic acid groups (broad SMARTS) is 1. The maximum atomic E-state index is 15.6. The summed E-state index contributed by atoms with van der Waals surface area (Å²) >= 11 is 0. The van der Waals surface area contributed by atoms with Gasteiger partial charge >= 0.3 is 5.97 Å². The second kappa shape index (κ2) is 11.6. The summed E-state index contributed by atoms with van der Waals surface area (Å²) in [5, 5.41) is 26.1. The van der Waals surface area contributed by atoms with Crippen molar-refractivity contribution < 1.29 is 41.7 Å². The predicted octanol–water partition coefficient (Wildman–Crippen LogP) is 2.53. The number of rotatable bonds is 9. The van der Waals surface area contributed by atoms with Crippen LogP contribution in [0.25, 0.3) is 0 Å². The Balaban J connectivity index is 1.56. The number of likely N-dealkylation sites (N-methyl/N-ethyl adjacent to an activating group) is 1. The van der Waals surface area contributed by atoms with Gasteiger partial charge in [-0.25, -0.2) is 32.6 Å². The zero-order valence-corrected chi connectivity index (χ0v) is 23.8. The van der Waals surface area contributed by atoms with Crippen LogP contribution in [0.2, 0.25) is 0 Å². The highest BCUT2D eigenvalue weighted by Gasteiger charge is 2.29. The van der Waals surface area contributed by atoms with Crippen LogP contribution in [0.3, 0.4) is 0 Å². The number of hydrogen-bond donors (Lipinski definition) is 5. The van der Waals surface area contributed by atoms with Gasteiger partial charge in [-0.2, -0.15) is 4.39 Å². The first kappa shape index (κ1) is 30.5. The normalized spacial score (nSPS) is 13.0. The Hall–Kier alpha value is -5.91. The fraction of sp³-hybridized carbons (Fsp3) is 0.111. The van der Waals surface area contributed by atoms with Gasteiger partial charge in [0.2, 0.25) is 21.4 Å². The van der Waals surface area contributed by atoms with Gasteiger partial charge in [-0.15, -0.1) is 0 Å². The van der Waals surface area contributed by atoms with Crippen molar-refractivity contribution in [2.75, 3.05) is 25.9 Å². The molecule has 0 radical (unpaired) electrons. The van der Waals surface area contributed by atoms with Crippen LogP contribution in [0.4, 0.5) is 14.6 Å². The van der Waals surface area contributed by atoms with E-state index in [1.807, 2.05) is 0 Å². The average molecular weight is 641 g/mol. The highest BCUT2D eigenvalue weighted by molar-refractivity contribution is 7.91. The van der Waals surface area contributed by atoms with Crippen molar-refractivity contribution in [1.82, 2.24) is 19.9 Å². The van der Waals surface area contributed by atoms with E-state index < -0.39 is 61.4 Å². The number of aromatic nitrogens is 3. The fourth-order valence-corrected chi connectivity index (χ4v) is 5.26. The van der Waals surface area contributed by atoms with E-state index in [-0.39, 0.29) is 39.2 Å². The summed E-state index contributed by atoms with van der Waals surface area (Å²) in [6.07, 6.45) is 1.37. The maximum absolute atomic E-state index is 15.6. The number of aromatic hydroxyl groups is 1. The summed E-state index contributed by atoms with van der Waals surface area (Å²) in [5.74, 6) is -7.55. The van der Waals surface area contributed by atoms with E-state index in [1.165, 1.54) is 6.07 Å². The lowest BCUT2D eigenvalue weighted by Crippen LogP contribution is -2.24. The number of ether oxygens (including phenoxy) is 2. The largest absolute Gasteiger partial charge is 0.504 e. The first-order valence-electron chi connectivity index (χ1n) is 12.7. The zero-order chi connectivity index (χ0) is 32.6. The van der Waals surface area contributed by atoms with Gasteiger partial charge in [-0.05, 0) is 36.4 Å². The van der Waals surface area contributed by atoms with Gasteiger partial charge in [0, 0.05) is 25.4 Å². The summed E-state index contributed by atoms with van der Waals surface area (Å²) < 4.78 is 68.3. The number of carboxylic acids is 1. The second-order valence-electron chi connectivity index (χ2n) is 9.40. The van der Waals surface area contributed by atoms with Gasteiger partial charge in [0.05, 0.1) is 23.2 Å². The van der Waals surface area contributed by atoms with Crippen LogP contribution in [0.15, 0.2) is 63.8 Å². The summed E-state index contributed by atoms with van der Waals surface area (Å²) in [6, 6.07) is 6.97. The number of nitrogens with two attached hydrogens (primary N) is 2. The van der Waals surface area contributed by atoms with E-state index in [9.17, 15) is 22.7 Å². The van der Waals surface area contributed by atoms with Crippen LogP contribution in [-0.2, 0) is 9.84 Å². The van der Waals surface area contributed by atoms with Gasteiger partial charge in [0.25, 0.3) is 11.0 Å². The van der Waals surface area contributed by atoms with E-state index >= 15 is 4.39 Å². The lowest BCUT2D eigenvalue weighted by molar-refractivity contribution is 0.0697. The Morgan fingerprint density at radius 2 is 1.84 bits per heavy atom. The van der Waals surface area contributed by atoms with Crippen molar-refractivity contribution in [3.8, 4) is 28.9 Å². The van der Waals surface area contributed by atoms with Gasteiger partial charge < -0.3 is 36.1 Å². The standard InChI is InChI=1S/C27H22F2N8O7S/c1-37-7-6-33-24(37)14-9-13(45(41,42)27-35-10-15(26(39)40)23(32)36-27)3-5-18(14)43-21-16(28)11-34-25(20(21)29)44-19-8-12(22(30)31)2-4-17(19)38/h2-5,8-11,38H,6-7H2,1H3,(H3,30,31)(H,39,40)(H2,32,35,36). The van der Waals surface area contributed by atoms with Crippen LogP contribution in [0, 0.1) is 17.0 Å². The Labute approximate surface area is 252 Å². The minimum absolute atomic E-state index is 0.0242. The Morgan fingerprint density at radius 3 is 2.49 bits per heavy atom. The number of nitrogen functional groups attached to an aromatic ring is 2. The number of hydrogen-bond acceptors (Lipinski definition) is 13. The summed E-state index contributed by atoms with van der Waals surface area (Å²) in [6.45, 7) is 0.776. The van der Waals surface area contributed by atoms with E-state index in [2.05, 4.69) is 19.9 Å². The quantitative estimate of drug-likeness (QED) is 0.100. The number of pyridine rings is 1. The van der Waals surface area contributed by atoms with Crippen LogP contribution >= 0.6 is 0 Å². The third kappa shape index (κ3) is 5.85. The molecule has 0 bridgehead atoms. The van der Waals surface area contributed by atoms with Gasteiger partial charge in [0.15, 0.2) is 17.3 Å². The van der Waals surface area contributed by atoms with E-state index in [0.29, 0.717) is 19.3 Å². The number of phenols is 1. The van der Waals surface area contributed by atoms with Crippen LogP contribution < -0.4 is 20.9 Å². The molecule has 15 nitrogen and oxygen atoms in total. The topological polar surface area (TPSA) is 240 Å². The van der Waals surface area contributed by atoms with Gasteiger partial charge in [-0.3, -0.25) is 10.4 Å². The molecule has 2 aromatic heterocycles. The summed E-state index contributed by atoms with van der Waals surface area (Å²) in [5.41, 5.74) is 10.8. The number of nitrogens with one attached hydrogen (secondary N) is 1. The average Bonchev–Trinajstić information content (AvgIpc) is 3.42. The van der Waals surface area contributed by atoms with Gasteiger partial charge in [0.1, 0.15) is 28.8 Å².